The zero-order valence-electron chi connectivity index (χ0n) is 11.6. The molecule has 2 unspecified atom stereocenters. The lowest BCUT2D eigenvalue weighted by molar-refractivity contribution is 0.384. The summed E-state index contributed by atoms with van der Waals surface area (Å²) in [6.07, 6.45) is 2.37. The van der Waals surface area contributed by atoms with Gasteiger partial charge in [-0.1, -0.05) is 47.8 Å². The van der Waals surface area contributed by atoms with Crippen molar-refractivity contribution in [2.45, 2.75) is 32.7 Å². The average molecular weight is 346 g/mol. The van der Waals surface area contributed by atoms with Crippen LogP contribution in [-0.4, -0.2) is 25.7 Å². The standard InChI is InChI=1S/C15H22BrClN2/c1-3-11(2)14-10-19(8-4-7-18-14)15-6-5-12(16)9-13(15)17/h5-6,9,11,14,18H,3-4,7-8,10H2,1-2H3. The van der Waals surface area contributed by atoms with Crippen molar-refractivity contribution in [3.05, 3.63) is 27.7 Å². The van der Waals surface area contributed by atoms with Crippen molar-refractivity contribution in [1.29, 1.82) is 0 Å². The Kier molecular flexibility index (Phi) is 5.55. The van der Waals surface area contributed by atoms with Crippen molar-refractivity contribution < 1.29 is 0 Å². The van der Waals surface area contributed by atoms with E-state index >= 15 is 0 Å². The molecule has 0 saturated carbocycles. The molecule has 1 aliphatic rings. The summed E-state index contributed by atoms with van der Waals surface area (Å²) in [6, 6.07) is 6.71. The molecule has 1 saturated heterocycles. The van der Waals surface area contributed by atoms with Gasteiger partial charge in [0, 0.05) is 23.6 Å². The fourth-order valence-electron chi connectivity index (χ4n) is 2.57. The maximum absolute atomic E-state index is 6.39. The molecule has 0 bridgehead atoms. The van der Waals surface area contributed by atoms with Gasteiger partial charge >= 0.3 is 0 Å². The van der Waals surface area contributed by atoms with Crippen LogP contribution in [0.3, 0.4) is 0 Å². The van der Waals surface area contributed by atoms with Gasteiger partial charge < -0.3 is 10.2 Å². The van der Waals surface area contributed by atoms with E-state index in [-0.39, 0.29) is 0 Å². The largest absolute Gasteiger partial charge is 0.369 e. The molecule has 1 aromatic rings. The normalized spacial score (nSPS) is 22.1. The Morgan fingerprint density at radius 2 is 2.32 bits per heavy atom. The Morgan fingerprint density at radius 1 is 1.53 bits per heavy atom. The number of hydrogen-bond acceptors (Lipinski definition) is 2. The van der Waals surface area contributed by atoms with E-state index in [0.717, 1.165) is 34.8 Å². The van der Waals surface area contributed by atoms with E-state index in [2.05, 4.69) is 52.1 Å². The highest BCUT2D eigenvalue weighted by Gasteiger charge is 2.22. The van der Waals surface area contributed by atoms with E-state index in [4.69, 9.17) is 11.6 Å². The molecule has 0 amide bonds. The maximum Gasteiger partial charge on any atom is 0.0650 e. The molecule has 1 heterocycles. The van der Waals surface area contributed by atoms with Crippen LogP contribution >= 0.6 is 27.5 Å². The van der Waals surface area contributed by atoms with Crippen LogP contribution < -0.4 is 10.2 Å². The van der Waals surface area contributed by atoms with Crippen molar-refractivity contribution in [3.8, 4) is 0 Å². The molecule has 0 aromatic heterocycles. The topological polar surface area (TPSA) is 15.3 Å². The van der Waals surface area contributed by atoms with Crippen LogP contribution in [0, 0.1) is 5.92 Å². The molecule has 0 radical (unpaired) electrons. The lowest BCUT2D eigenvalue weighted by atomic mass is 9.99. The van der Waals surface area contributed by atoms with Gasteiger partial charge in [0.15, 0.2) is 0 Å². The summed E-state index contributed by atoms with van der Waals surface area (Å²) in [7, 11) is 0. The number of benzene rings is 1. The molecule has 0 aliphatic carbocycles. The molecule has 1 fully saturated rings. The van der Waals surface area contributed by atoms with E-state index in [0.29, 0.717) is 12.0 Å². The lowest BCUT2D eigenvalue weighted by Crippen LogP contribution is -2.42. The van der Waals surface area contributed by atoms with E-state index in [9.17, 15) is 0 Å². The van der Waals surface area contributed by atoms with Crippen LogP contribution in [0.15, 0.2) is 22.7 Å². The van der Waals surface area contributed by atoms with Gasteiger partial charge in [-0.3, -0.25) is 0 Å². The Bertz CT molecular complexity index is 425. The van der Waals surface area contributed by atoms with Gasteiger partial charge in [-0.15, -0.1) is 0 Å². The first kappa shape index (κ1) is 15.1. The van der Waals surface area contributed by atoms with Gasteiger partial charge in [0.1, 0.15) is 0 Å². The quantitative estimate of drug-likeness (QED) is 0.878. The van der Waals surface area contributed by atoms with Crippen LogP contribution in [0.4, 0.5) is 5.69 Å². The van der Waals surface area contributed by atoms with E-state index in [1.165, 1.54) is 12.8 Å². The Labute approximate surface area is 129 Å². The van der Waals surface area contributed by atoms with E-state index < -0.39 is 0 Å². The van der Waals surface area contributed by atoms with Gasteiger partial charge in [-0.2, -0.15) is 0 Å². The first-order chi connectivity index (χ1) is 9.11. The first-order valence-corrected chi connectivity index (χ1v) is 8.22. The Morgan fingerprint density at radius 3 is 3.00 bits per heavy atom. The summed E-state index contributed by atoms with van der Waals surface area (Å²) < 4.78 is 1.03. The first-order valence-electron chi connectivity index (χ1n) is 7.05. The predicted octanol–water partition coefficient (Wildman–Crippen LogP) is 4.32. The van der Waals surface area contributed by atoms with E-state index in [1.807, 2.05) is 6.07 Å². The molecule has 106 valence electrons. The Balaban J connectivity index is 2.17. The van der Waals surface area contributed by atoms with Crippen molar-refractivity contribution >= 4 is 33.2 Å². The molecular weight excluding hydrogens is 324 g/mol. The molecule has 1 N–H and O–H groups in total. The van der Waals surface area contributed by atoms with Crippen LogP contribution in [-0.2, 0) is 0 Å². The van der Waals surface area contributed by atoms with Gasteiger partial charge in [-0.05, 0) is 37.1 Å². The van der Waals surface area contributed by atoms with Crippen molar-refractivity contribution in [3.63, 3.8) is 0 Å². The maximum atomic E-state index is 6.39. The van der Waals surface area contributed by atoms with Gasteiger partial charge in [0.25, 0.3) is 0 Å². The molecule has 0 spiro atoms. The molecular formula is C15H22BrClN2. The fourth-order valence-corrected chi connectivity index (χ4v) is 3.37. The molecule has 2 atom stereocenters. The zero-order valence-corrected chi connectivity index (χ0v) is 14.0. The minimum Gasteiger partial charge on any atom is -0.369 e. The number of anilines is 1. The molecule has 1 aromatic carbocycles. The zero-order chi connectivity index (χ0) is 13.8. The number of nitrogens with one attached hydrogen (secondary N) is 1. The number of hydrogen-bond donors (Lipinski definition) is 1. The van der Waals surface area contributed by atoms with E-state index in [1.54, 1.807) is 0 Å². The number of halogens is 2. The monoisotopic (exact) mass is 344 g/mol. The van der Waals surface area contributed by atoms with Crippen LogP contribution in [0.2, 0.25) is 5.02 Å². The molecule has 2 nitrogen and oxygen atoms in total. The smallest absolute Gasteiger partial charge is 0.0650 e. The molecule has 1 aliphatic heterocycles. The van der Waals surface area contributed by atoms with Gasteiger partial charge in [0.05, 0.1) is 10.7 Å². The van der Waals surface area contributed by atoms with Crippen molar-refractivity contribution in [2.75, 3.05) is 24.5 Å². The fraction of sp³-hybridized carbons (Fsp3) is 0.600. The highest BCUT2D eigenvalue weighted by molar-refractivity contribution is 9.10. The Hall–Kier alpha value is -0.250. The second-order valence-corrected chi connectivity index (χ2v) is 6.66. The predicted molar refractivity (Wildman–Crippen MR) is 87.2 cm³/mol. The summed E-state index contributed by atoms with van der Waals surface area (Å²) in [5.74, 6) is 0.690. The number of rotatable bonds is 3. The van der Waals surface area contributed by atoms with Crippen LogP contribution in [0.1, 0.15) is 26.7 Å². The minimum atomic E-state index is 0.548. The highest BCUT2D eigenvalue weighted by atomic mass is 79.9. The average Bonchev–Trinajstić information content (AvgIpc) is 2.63. The molecule has 19 heavy (non-hydrogen) atoms. The third kappa shape index (κ3) is 3.87. The molecule has 2 rings (SSSR count). The number of nitrogens with zero attached hydrogens (tertiary/aromatic N) is 1. The third-order valence-corrected chi connectivity index (χ3v) is 4.81. The summed E-state index contributed by atoms with van der Waals surface area (Å²) in [5.41, 5.74) is 1.15. The van der Waals surface area contributed by atoms with Crippen molar-refractivity contribution in [2.24, 2.45) is 5.92 Å². The van der Waals surface area contributed by atoms with Crippen LogP contribution in [0.25, 0.3) is 0 Å². The summed E-state index contributed by atoms with van der Waals surface area (Å²) in [5, 5.41) is 4.50. The lowest BCUT2D eigenvalue weighted by Gasteiger charge is -2.30. The second kappa shape index (κ2) is 6.96. The summed E-state index contributed by atoms with van der Waals surface area (Å²) in [6.45, 7) is 7.79. The van der Waals surface area contributed by atoms with Gasteiger partial charge in [-0.25, -0.2) is 0 Å². The highest BCUT2D eigenvalue weighted by Crippen LogP contribution is 2.30. The third-order valence-electron chi connectivity index (χ3n) is 4.01. The van der Waals surface area contributed by atoms with Gasteiger partial charge in [0.2, 0.25) is 0 Å². The SMILES string of the molecule is CCC(C)C1CN(c2ccc(Br)cc2Cl)CCCN1. The van der Waals surface area contributed by atoms with Crippen LogP contribution in [0.5, 0.6) is 0 Å². The molecule has 4 heteroatoms. The summed E-state index contributed by atoms with van der Waals surface area (Å²) in [4.78, 5) is 2.42. The minimum absolute atomic E-state index is 0.548. The van der Waals surface area contributed by atoms with Crippen molar-refractivity contribution in [1.82, 2.24) is 5.32 Å². The summed E-state index contributed by atoms with van der Waals surface area (Å²) >= 11 is 9.85. The second-order valence-electron chi connectivity index (χ2n) is 5.34.